The first-order valence-electron chi connectivity index (χ1n) is 8.05. The number of carbonyl (C=O) groups excluding carboxylic acids is 1. The molecule has 0 fully saturated rings. The van der Waals surface area contributed by atoms with Crippen LogP contribution in [0.15, 0.2) is 36.4 Å². The van der Waals surface area contributed by atoms with Crippen molar-refractivity contribution in [3.8, 4) is 5.75 Å². The van der Waals surface area contributed by atoms with Crippen LogP contribution in [0.2, 0.25) is 0 Å². The number of methoxy groups -OCH3 is 1. The van der Waals surface area contributed by atoms with Crippen molar-refractivity contribution < 1.29 is 9.53 Å². The molecule has 0 unspecified atom stereocenters. The van der Waals surface area contributed by atoms with E-state index in [2.05, 4.69) is 20.4 Å². The maximum absolute atomic E-state index is 12.6. The van der Waals surface area contributed by atoms with Gasteiger partial charge >= 0.3 is 0 Å². The SMILES string of the molecule is COc1cc(CN(C)C)ccc1NC(=O)c1ccc2n[nH]c(C)c2c1. The maximum Gasteiger partial charge on any atom is 0.255 e. The van der Waals surface area contributed by atoms with E-state index in [1.54, 1.807) is 13.2 Å². The third-order valence-electron chi connectivity index (χ3n) is 4.02. The minimum atomic E-state index is -0.179. The Kier molecular flexibility index (Phi) is 4.72. The van der Waals surface area contributed by atoms with Crippen molar-refractivity contribution in [1.29, 1.82) is 0 Å². The summed E-state index contributed by atoms with van der Waals surface area (Å²) in [5.41, 5.74) is 4.14. The number of rotatable bonds is 5. The van der Waals surface area contributed by atoms with Gasteiger partial charge in [0.1, 0.15) is 5.75 Å². The molecule has 6 heteroatoms. The highest BCUT2D eigenvalue weighted by Gasteiger charge is 2.12. The summed E-state index contributed by atoms with van der Waals surface area (Å²) in [6, 6.07) is 11.3. The summed E-state index contributed by atoms with van der Waals surface area (Å²) in [6.07, 6.45) is 0. The first-order valence-corrected chi connectivity index (χ1v) is 8.05. The Hall–Kier alpha value is -2.86. The highest BCUT2D eigenvalue weighted by atomic mass is 16.5. The third kappa shape index (κ3) is 3.64. The van der Waals surface area contributed by atoms with E-state index >= 15 is 0 Å². The van der Waals surface area contributed by atoms with Crippen molar-refractivity contribution in [2.45, 2.75) is 13.5 Å². The summed E-state index contributed by atoms with van der Waals surface area (Å²) in [7, 11) is 5.62. The fourth-order valence-corrected chi connectivity index (χ4v) is 2.78. The Morgan fingerprint density at radius 2 is 2.04 bits per heavy atom. The molecule has 0 spiro atoms. The summed E-state index contributed by atoms with van der Waals surface area (Å²) >= 11 is 0. The number of aromatic nitrogens is 2. The Labute approximate surface area is 146 Å². The van der Waals surface area contributed by atoms with E-state index in [4.69, 9.17) is 4.74 Å². The number of aryl methyl sites for hydroxylation is 1. The van der Waals surface area contributed by atoms with Crippen molar-refractivity contribution in [2.75, 3.05) is 26.5 Å². The van der Waals surface area contributed by atoms with Crippen LogP contribution in [0.4, 0.5) is 5.69 Å². The fraction of sp³-hybridized carbons (Fsp3) is 0.263. The molecule has 25 heavy (non-hydrogen) atoms. The van der Waals surface area contributed by atoms with Crippen molar-refractivity contribution in [3.05, 3.63) is 53.2 Å². The molecule has 1 heterocycles. The predicted octanol–water partition coefficient (Wildman–Crippen LogP) is 3.19. The zero-order valence-corrected chi connectivity index (χ0v) is 14.9. The minimum absolute atomic E-state index is 0.179. The molecular formula is C19H22N4O2. The topological polar surface area (TPSA) is 70.2 Å². The van der Waals surface area contributed by atoms with E-state index in [1.165, 1.54) is 0 Å². The lowest BCUT2D eigenvalue weighted by atomic mass is 10.1. The molecule has 6 nitrogen and oxygen atoms in total. The zero-order valence-electron chi connectivity index (χ0n) is 14.9. The Balaban J connectivity index is 1.84. The van der Waals surface area contributed by atoms with Gasteiger partial charge in [0.05, 0.1) is 18.3 Å². The van der Waals surface area contributed by atoms with Crippen LogP contribution in [0.5, 0.6) is 5.75 Å². The van der Waals surface area contributed by atoms with Crippen molar-refractivity contribution in [2.24, 2.45) is 0 Å². The van der Waals surface area contributed by atoms with Crippen molar-refractivity contribution >= 4 is 22.5 Å². The second-order valence-corrected chi connectivity index (χ2v) is 6.31. The average molecular weight is 338 g/mol. The molecule has 0 saturated heterocycles. The molecule has 0 atom stereocenters. The minimum Gasteiger partial charge on any atom is -0.495 e. The normalized spacial score (nSPS) is 11.1. The summed E-state index contributed by atoms with van der Waals surface area (Å²) < 4.78 is 5.43. The number of hydrogen-bond donors (Lipinski definition) is 2. The monoisotopic (exact) mass is 338 g/mol. The number of hydrogen-bond acceptors (Lipinski definition) is 4. The molecule has 0 radical (unpaired) electrons. The van der Waals surface area contributed by atoms with Gasteiger partial charge in [-0.15, -0.1) is 0 Å². The van der Waals surface area contributed by atoms with Gasteiger partial charge in [-0.05, 0) is 56.9 Å². The molecule has 3 rings (SSSR count). The number of benzene rings is 2. The van der Waals surface area contributed by atoms with Gasteiger partial charge in [0.15, 0.2) is 0 Å². The first kappa shape index (κ1) is 17.0. The van der Waals surface area contributed by atoms with E-state index in [0.29, 0.717) is 17.0 Å². The van der Waals surface area contributed by atoms with Gasteiger partial charge in [0.2, 0.25) is 0 Å². The number of amides is 1. The number of anilines is 1. The molecule has 1 amide bonds. The average Bonchev–Trinajstić information content (AvgIpc) is 2.96. The van der Waals surface area contributed by atoms with Crippen LogP contribution in [0.25, 0.3) is 10.9 Å². The number of ether oxygens (including phenoxy) is 1. The summed E-state index contributed by atoms with van der Waals surface area (Å²) in [5, 5.41) is 11.0. The fourth-order valence-electron chi connectivity index (χ4n) is 2.78. The smallest absolute Gasteiger partial charge is 0.255 e. The van der Waals surface area contributed by atoms with Gasteiger partial charge in [0, 0.05) is 23.2 Å². The zero-order chi connectivity index (χ0) is 18.0. The molecular weight excluding hydrogens is 316 g/mol. The molecule has 0 aliphatic rings. The predicted molar refractivity (Wildman–Crippen MR) is 99.2 cm³/mol. The molecule has 2 N–H and O–H groups in total. The molecule has 0 saturated carbocycles. The lowest BCUT2D eigenvalue weighted by molar-refractivity contribution is 0.102. The van der Waals surface area contributed by atoms with E-state index in [1.807, 2.05) is 51.4 Å². The van der Waals surface area contributed by atoms with Gasteiger partial charge in [-0.3, -0.25) is 9.89 Å². The van der Waals surface area contributed by atoms with Crippen LogP contribution in [0.1, 0.15) is 21.6 Å². The van der Waals surface area contributed by atoms with Gasteiger partial charge < -0.3 is 15.0 Å². The molecule has 0 aliphatic heterocycles. The van der Waals surface area contributed by atoms with Crippen molar-refractivity contribution in [3.63, 3.8) is 0 Å². The molecule has 0 aliphatic carbocycles. The largest absolute Gasteiger partial charge is 0.495 e. The molecule has 2 aromatic carbocycles. The standard InChI is InChI=1S/C19H22N4O2/c1-12-15-10-14(6-8-16(15)22-21-12)19(24)20-17-7-5-13(11-23(2)3)9-18(17)25-4/h5-10H,11H2,1-4H3,(H,20,24)(H,21,22). The highest BCUT2D eigenvalue weighted by molar-refractivity contribution is 6.07. The van der Waals surface area contributed by atoms with E-state index in [0.717, 1.165) is 28.7 Å². The van der Waals surface area contributed by atoms with Crippen LogP contribution in [-0.4, -0.2) is 42.2 Å². The van der Waals surface area contributed by atoms with Crippen LogP contribution >= 0.6 is 0 Å². The molecule has 130 valence electrons. The quantitative estimate of drug-likeness (QED) is 0.749. The number of nitrogens with one attached hydrogen (secondary N) is 2. The lowest BCUT2D eigenvalue weighted by Crippen LogP contribution is -2.14. The number of H-pyrrole nitrogens is 1. The lowest BCUT2D eigenvalue weighted by Gasteiger charge is -2.14. The van der Waals surface area contributed by atoms with Crippen LogP contribution in [0, 0.1) is 6.92 Å². The molecule has 3 aromatic rings. The Bertz CT molecular complexity index is 915. The summed E-state index contributed by atoms with van der Waals surface area (Å²) in [5.74, 6) is 0.467. The number of fused-ring (bicyclic) bond motifs is 1. The second-order valence-electron chi connectivity index (χ2n) is 6.31. The van der Waals surface area contributed by atoms with E-state index in [9.17, 15) is 4.79 Å². The maximum atomic E-state index is 12.6. The Morgan fingerprint density at radius 3 is 2.76 bits per heavy atom. The number of carbonyl (C=O) groups is 1. The highest BCUT2D eigenvalue weighted by Crippen LogP contribution is 2.27. The molecule has 0 bridgehead atoms. The first-order chi connectivity index (χ1) is 12.0. The second kappa shape index (κ2) is 6.94. The van der Waals surface area contributed by atoms with E-state index in [-0.39, 0.29) is 5.91 Å². The van der Waals surface area contributed by atoms with Crippen LogP contribution in [0.3, 0.4) is 0 Å². The van der Waals surface area contributed by atoms with E-state index < -0.39 is 0 Å². The van der Waals surface area contributed by atoms with Gasteiger partial charge in [-0.25, -0.2) is 0 Å². The van der Waals surface area contributed by atoms with Crippen LogP contribution in [-0.2, 0) is 6.54 Å². The van der Waals surface area contributed by atoms with Crippen LogP contribution < -0.4 is 10.1 Å². The summed E-state index contributed by atoms with van der Waals surface area (Å²) in [4.78, 5) is 14.7. The van der Waals surface area contributed by atoms with Gasteiger partial charge in [-0.2, -0.15) is 5.10 Å². The Morgan fingerprint density at radius 1 is 1.24 bits per heavy atom. The van der Waals surface area contributed by atoms with Gasteiger partial charge in [-0.1, -0.05) is 6.07 Å². The number of aromatic amines is 1. The van der Waals surface area contributed by atoms with Gasteiger partial charge in [0.25, 0.3) is 5.91 Å². The van der Waals surface area contributed by atoms with Crippen molar-refractivity contribution in [1.82, 2.24) is 15.1 Å². The molecule has 1 aromatic heterocycles. The number of nitrogens with zero attached hydrogens (tertiary/aromatic N) is 2. The third-order valence-corrected chi connectivity index (χ3v) is 4.02. The summed E-state index contributed by atoms with van der Waals surface area (Å²) in [6.45, 7) is 2.74.